The molecule has 0 atom stereocenters. The maximum atomic E-state index is 6.68. The van der Waals surface area contributed by atoms with E-state index in [4.69, 9.17) is 4.74 Å². The number of hydrogen-bond donors (Lipinski definition) is 0. The van der Waals surface area contributed by atoms with Crippen LogP contribution in [0.2, 0.25) is 13.1 Å². The first-order chi connectivity index (χ1) is 25.0. The molecule has 4 aliphatic rings. The molecule has 0 radical (unpaired) electrons. The lowest BCUT2D eigenvalue weighted by Crippen LogP contribution is -2.67. The van der Waals surface area contributed by atoms with Gasteiger partial charge in [-0.25, -0.2) is 0 Å². The maximum Gasteiger partial charge on any atom is 0.333 e. The first-order valence-electron chi connectivity index (χ1n) is 17.7. The van der Waals surface area contributed by atoms with E-state index in [0.29, 0.717) is 0 Å². The molecule has 0 unspecified atom stereocenters. The van der Waals surface area contributed by atoms with Gasteiger partial charge in [-0.15, -0.1) is 0 Å². The Kier molecular flexibility index (Phi) is 6.06. The van der Waals surface area contributed by atoms with Crippen LogP contribution >= 0.6 is 11.8 Å². The molecular formula is C45H33BN2OSSi. The molecule has 0 N–H and O–H groups in total. The lowest BCUT2D eigenvalue weighted by Gasteiger charge is -2.50. The van der Waals surface area contributed by atoms with Crippen LogP contribution in [-0.2, 0) is 0 Å². The molecule has 0 spiro atoms. The van der Waals surface area contributed by atoms with Crippen LogP contribution < -0.4 is 35.7 Å². The first kappa shape index (κ1) is 29.3. The Hall–Kier alpha value is -5.43. The van der Waals surface area contributed by atoms with Crippen molar-refractivity contribution in [2.75, 3.05) is 9.71 Å². The minimum absolute atomic E-state index is 0.0190. The van der Waals surface area contributed by atoms with E-state index in [0.717, 1.165) is 21.3 Å². The van der Waals surface area contributed by atoms with E-state index in [1.165, 1.54) is 77.6 Å². The van der Waals surface area contributed by atoms with Crippen LogP contribution in [0, 0.1) is 6.92 Å². The van der Waals surface area contributed by atoms with E-state index in [-0.39, 0.29) is 6.85 Å². The molecule has 7 aromatic rings. The summed E-state index contributed by atoms with van der Waals surface area (Å²) in [7, 11) is -2.04. The van der Waals surface area contributed by atoms with Gasteiger partial charge >= 0.3 is 6.85 Å². The van der Waals surface area contributed by atoms with Gasteiger partial charge in [0.2, 0.25) is 0 Å². The fraction of sp³-hybridized carbons (Fsp3) is 0.0667. The molecule has 51 heavy (non-hydrogen) atoms. The molecule has 0 bridgehead atoms. The molecule has 0 aliphatic carbocycles. The molecule has 0 saturated heterocycles. The predicted molar refractivity (Wildman–Crippen MR) is 218 cm³/mol. The maximum absolute atomic E-state index is 6.68. The van der Waals surface area contributed by atoms with Gasteiger partial charge in [0.15, 0.2) is 0 Å². The quantitative estimate of drug-likeness (QED) is 0.168. The van der Waals surface area contributed by atoms with Crippen molar-refractivity contribution in [3.05, 3.63) is 151 Å². The van der Waals surface area contributed by atoms with E-state index in [2.05, 4.69) is 175 Å². The minimum Gasteiger partial charge on any atom is -0.455 e. The molecule has 11 rings (SSSR count). The molecule has 0 saturated carbocycles. The highest BCUT2D eigenvalue weighted by molar-refractivity contribution is 7.99. The van der Waals surface area contributed by atoms with Crippen molar-refractivity contribution in [3.8, 4) is 33.8 Å². The Bertz CT molecular complexity index is 2620. The molecular weight excluding hydrogens is 655 g/mol. The van der Waals surface area contributed by atoms with Gasteiger partial charge in [0, 0.05) is 34.0 Å². The molecule has 4 aliphatic heterocycles. The summed E-state index contributed by atoms with van der Waals surface area (Å²) in [5, 5.41) is 2.98. The Labute approximate surface area is 304 Å². The third-order valence-electron chi connectivity index (χ3n) is 11.4. The number of aryl methyl sites for hydroxylation is 1. The second-order valence-corrected chi connectivity index (χ2v) is 20.0. The highest BCUT2D eigenvalue weighted by Crippen LogP contribution is 2.54. The normalized spacial score (nSPS) is 15.1. The Morgan fingerprint density at radius 2 is 1.31 bits per heavy atom. The Morgan fingerprint density at radius 3 is 2.18 bits per heavy atom. The SMILES string of the molecule is Cc1ccccc1N1B2c3cccc4c3N(c3ccccc3[Si]4(C)C)c3cc(-c4ccccc4)cc(c32)-c2cc3c(cc21)Sc1ccccc1O3. The molecule has 6 heteroatoms. The lowest BCUT2D eigenvalue weighted by atomic mass is 9.43. The van der Waals surface area contributed by atoms with Gasteiger partial charge in [0.1, 0.15) is 19.6 Å². The summed E-state index contributed by atoms with van der Waals surface area (Å²) in [6.07, 6.45) is 0. The zero-order valence-electron chi connectivity index (χ0n) is 28.6. The van der Waals surface area contributed by atoms with Gasteiger partial charge in [0.05, 0.1) is 9.79 Å². The number of ether oxygens (including phenoxy) is 1. The molecule has 0 aromatic heterocycles. The van der Waals surface area contributed by atoms with Gasteiger partial charge in [0.25, 0.3) is 0 Å². The number of anilines is 5. The van der Waals surface area contributed by atoms with Crippen LogP contribution in [0.3, 0.4) is 0 Å². The molecule has 0 fully saturated rings. The van der Waals surface area contributed by atoms with Gasteiger partial charge in [-0.1, -0.05) is 122 Å². The van der Waals surface area contributed by atoms with Crippen molar-refractivity contribution in [2.24, 2.45) is 0 Å². The van der Waals surface area contributed by atoms with E-state index < -0.39 is 8.07 Å². The zero-order valence-corrected chi connectivity index (χ0v) is 30.5. The second-order valence-electron chi connectivity index (χ2n) is 14.6. The summed E-state index contributed by atoms with van der Waals surface area (Å²) < 4.78 is 6.68. The summed E-state index contributed by atoms with van der Waals surface area (Å²) in [4.78, 5) is 7.54. The topological polar surface area (TPSA) is 15.7 Å². The van der Waals surface area contributed by atoms with Crippen LogP contribution in [0.25, 0.3) is 22.3 Å². The Balaban J connectivity index is 1.29. The van der Waals surface area contributed by atoms with E-state index in [1.54, 1.807) is 11.8 Å². The zero-order chi connectivity index (χ0) is 34.0. The predicted octanol–water partition coefficient (Wildman–Crippen LogP) is 9.76. The number of fused-ring (bicyclic) bond motifs is 8. The number of benzene rings is 7. The van der Waals surface area contributed by atoms with Gasteiger partial charge in [-0.3, -0.25) is 0 Å². The van der Waals surface area contributed by atoms with Crippen molar-refractivity contribution >= 4 is 76.4 Å². The van der Waals surface area contributed by atoms with Crippen molar-refractivity contribution < 1.29 is 4.74 Å². The van der Waals surface area contributed by atoms with Crippen LogP contribution in [0.4, 0.5) is 28.4 Å². The van der Waals surface area contributed by atoms with Crippen molar-refractivity contribution in [1.29, 1.82) is 0 Å². The second kappa shape index (κ2) is 10.5. The Morgan fingerprint density at radius 1 is 0.569 bits per heavy atom. The van der Waals surface area contributed by atoms with Crippen molar-refractivity contribution in [1.82, 2.24) is 0 Å². The first-order valence-corrected chi connectivity index (χ1v) is 21.5. The van der Waals surface area contributed by atoms with Gasteiger partial charge < -0.3 is 14.4 Å². The van der Waals surface area contributed by atoms with E-state index in [1.807, 2.05) is 0 Å². The number of hydrogen-bond acceptors (Lipinski definition) is 4. The molecule has 4 heterocycles. The van der Waals surface area contributed by atoms with E-state index >= 15 is 0 Å². The average molecular weight is 689 g/mol. The highest BCUT2D eigenvalue weighted by atomic mass is 32.2. The summed E-state index contributed by atoms with van der Waals surface area (Å²) in [5.74, 6) is 1.83. The molecule has 7 aromatic carbocycles. The van der Waals surface area contributed by atoms with Gasteiger partial charge in [-0.05, 0) is 99.0 Å². The molecule has 3 nitrogen and oxygen atoms in total. The third-order valence-corrected chi connectivity index (χ3v) is 16.0. The smallest absolute Gasteiger partial charge is 0.333 e. The summed E-state index contributed by atoms with van der Waals surface area (Å²) in [6, 6.07) is 54.0. The van der Waals surface area contributed by atoms with Crippen LogP contribution in [0.15, 0.2) is 155 Å². The monoisotopic (exact) mass is 688 g/mol. The molecule has 0 amide bonds. The van der Waals surface area contributed by atoms with Crippen LogP contribution in [-0.4, -0.2) is 14.9 Å². The summed E-state index contributed by atoms with van der Waals surface area (Å²) >= 11 is 1.80. The fourth-order valence-electron chi connectivity index (χ4n) is 9.02. The molecule has 242 valence electrons. The van der Waals surface area contributed by atoms with E-state index in [9.17, 15) is 0 Å². The van der Waals surface area contributed by atoms with Crippen LogP contribution in [0.5, 0.6) is 11.5 Å². The minimum atomic E-state index is -2.04. The van der Waals surface area contributed by atoms with Crippen molar-refractivity contribution in [2.45, 2.75) is 29.8 Å². The number of nitrogens with zero attached hydrogens (tertiary/aromatic N) is 2. The lowest BCUT2D eigenvalue weighted by molar-refractivity contribution is 0.455. The largest absolute Gasteiger partial charge is 0.455 e. The highest BCUT2D eigenvalue weighted by Gasteiger charge is 2.50. The average Bonchev–Trinajstić information content (AvgIpc) is 3.16. The summed E-state index contributed by atoms with van der Waals surface area (Å²) in [5.41, 5.74) is 15.3. The van der Waals surface area contributed by atoms with Crippen molar-refractivity contribution in [3.63, 3.8) is 0 Å². The number of para-hydroxylation sites is 4. The van der Waals surface area contributed by atoms with Crippen LogP contribution in [0.1, 0.15) is 5.56 Å². The third kappa shape index (κ3) is 4.03. The van der Waals surface area contributed by atoms with Gasteiger partial charge in [-0.2, -0.15) is 0 Å². The number of rotatable bonds is 2. The standard InChI is InChI=1S/C45H33BN2OSSi/c1-28-14-7-8-18-34(28)48-36-27-41-39(49-38-20-10-11-21-40(38)50-41)26-31(36)32-24-30(29-15-5-4-6-16-29)25-37-44(32)46(48)33-17-13-23-43-45(33)47(37)35-19-9-12-22-42(35)51(43,2)3/h4-27H,1-3H3. The fourth-order valence-corrected chi connectivity index (χ4v) is 13.0. The summed E-state index contributed by atoms with van der Waals surface area (Å²) in [6.45, 7) is 7.28.